The number of halogens is 1. The Kier molecular flexibility index (Phi) is 4.59. The van der Waals surface area contributed by atoms with E-state index in [0.717, 1.165) is 10.0 Å². The third-order valence-corrected chi connectivity index (χ3v) is 4.91. The van der Waals surface area contributed by atoms with Gasteiger partial charge in [0.15, 0.2) is 0 Å². The number of hydrogen-bond acceptors (Lipinski definition) is 4. The summed E-state index contributed by atoms with van der Waals surface area (Å²) in [5.41, 5.74) is 0.797. The van der Waals surface area contributed by atoms with E-state index in [4.69, 9.17) is 4.74 Å². The van der Waals surface area contributed by atoms with Crippen LogP contribution >= 0.6 is 27.7 Å². The predicted molar refractivity (Wildman–Crippen MR) is 79.8 cm³/mol. The van der Waals surface area contributed by atoms with E-state index in [1.54, 1.807) is 13.2 Å². The summed E-state index contributed by atoms with van der Waals surface area (Å²) in [5.74, 6) is -0.225. The van der Waals surface area contributed by atoms with Crippen LogP contribution in [-0.2, 0) is 9.59 Å². The van der Waals surface area contributed by atoms with Gasteiger partial charge < -0.3 is 14.7 Å². The Bertz CT molecular complexity index is 551. The number of rotatable bonds is 3. The lowest BCUT2D eigenvalue weighted by Crippen LogP contribution is -2.41. The molecule has 20 heavy (non-hydrogen) atoms. The van der Waals surface area contributed by atoms with Crippen molar-refractivity contribution in [2.24, 2.45) is 0 Å². The molecule has 0 aromatic heterocycles. The highest BCUT2D eigenvalue weighted by atomic mass is 79.9. The van der Waals surface area contributed by atoms with E-state index in [1.807, 2.05) is 12.1 Å². The van der Waals surface area contributed by atoms with Crippen LogP contribution in [0.25, 0.3) is 0 Å². The molecule has 1 aromatic carbocycles. The Morgan fingerprint density at radius 2 is 2.20 bits per heavy atom. The van der Waals surface area contributed by atoms with Gasteiger partial charge in [-0.3, -0.25) is 4.79 Å². The van der Waals surface area contributed by atoms with Gasteiger partial charge in [-0.25, -0.2) is 4.79 Å². The van der Waals surface area contributed by atoms with Gasteiger partial charge in [0.25, 0.3) is 0 Å². The van der Waals surface area contributed by atoms with Gasteiger partial charge in [-0.05, 0) is 18.2 Å². The summed E-state index contributed by atoms with van der Waals surface area (Å²) in [6.45, 7) is 1.39. The minimum absolute atomic E-state index is 0.255. The molecule has 2 atom stereocenters. The summed E-state index contributed by atoms with van der Waals surface area (Å²) in [7, 11) is 1.55. The van der Waals surface area contributed by atoms with Crippen molar-refractivity contribution >= 4 is 39.6 Å². The molecule has 1 aromatic rings. The number of methoxy groups -OCH3 is 1. The van der Waals surface area contributed by atoms with Crippen molar-refractivity contribution in [3.8, 4) is 5.75 Å². The van der Waals surface area contributed by atoms with Crippen LogP contribution in [-0.4, -0.2) is 40.8 Å². The van der Waals surface area contributed by atoms with Gasteiger partial charge >= 0.3 is 5.97 Å². The van der Waals surface area contributed by atoms with Gasteiger partial charge in [0.2, 0.25) is 5.91 Å². The second kappa shape index (κ2) is 6.05. The van der Waals surface area contributed by atoms with Crippen molar-refractivity contribution in [2.75, 3.05) is 12.9 Å². The molecule has 0 aliphatic carbocycles. The number of carboxylic acid groups (broad SMARTS) is 1. The summed E-state index contributed by atoms with van der Waals surface area (Å²) >= 11 is 4.82. The third-order valence-electron chi connectivity index (χ3n) is 3.11. The van der Waals surface area contributed by atoms with Gasteiger partial charge in [0.05, 0.1) is 7.11 Å². The zero-order valence-electron chi connectivity index (χ0n) is 11.0. The number of carbonyl (C=O) groups is 2. The van der Waals surface area contributed by atoms with Crippen molar-refractivity contribution in [1.29, 1.82) is 0 Å². The molecule has 1 aliphatic rings. The maximum atomic E-state index is 11.8. The molecule has 1 aliphatic heterocycles. The number of thioether (sulfide) groups is 1. The average molecular weight is 360 g/mol. The van der Waals surface area contributed by atoms with E-state index >= 15 is 0 Å². The average Bonchev–Trinajstić information content (AvgIpc) is 2.83. The fourth-order valence-electron chi connectivity index (χ4n) is 2.22. The van der Waals surface area contributed by atoms with E-state index in [9.17, 15) is 14.7 Å². The smallest absolute Gasteiger partial charge is 0.327 e. The quantitative estimate of drug-likeness (QED) is 0.897. The molecule has 2 rings (SSSR count). The largest absolute Gasteiger partial charge is 0.496 e. The minimum atomic E-state index is -0.982. The molecule has 0 bridgehead atoms. The zero-order valence-corrected chi connectivity index (χ0v) is 13.4. The van der Waals surface area contributed by atoms with E-state index in [2.05, 4.69) is 15.9 Å². The fourth-order valence-corrected chi connectivity index (χ4v) is 4.09. The highest BCUT2D eigenvalue weighted by Crippen LogP contribution is 2.45. The molecule has 1 N–H and O–H groups in total. The monoisotopic (exact) mass is 359 g/mol. The lowest BCUT2D eigenvalue weighted by atomic mass is 10.1. The van der Waals surface area contributed by atoms with Crippen molar-refractivity contribution in [3.63, 3.8) is 0 Å². The number of nitrogens with zero attached hydrogens (tertiary/aromatic N) is 1. The number of carbonyl (C=O) groups excluding carboxylic acids is 1. The number of ether oxygens (including phenoxy) is 1. The topological polar surface area (TPSA) is 66.8 Å². The third kappa shape index (κ3) is 2.78. The van der Waals surface area contributed by atoms with Gasteiger partial charge in [0.1, 0.15) is 17.2 Å². The molecule has 1 saturated heterocycles. The highest BCUT2D eigenvalue weighted by Gasteiger charge is 2.42. The zero-order chi connectivity index (χ0) is 14.9. The summed E-state index contributed by atoms with van der Waals surface area (Å²) in [4.78, 5) is 24.5. The molecule has 1 amide bonds. The molecule has 5 nitrogen and oxygen atoms in total. The molecule has 0 radical (unpaired) electrons. The molecule has 1 heterocycles. The first-order chi connectivity index (χ1) is 9.45. The SMILES string of the molecule is COc1ccc(Br)cc1C1SCC(C(=O)O)N1C(C)=O. The van der Waals surface area contributed by atoms with Crippen LogP contribution in [0.2, 0.25) is 0 Å². The second-order valence-corrected chi connectivity index (χ2v) is 6.38. The Morgan fingerprint density at radius 1 is 1.50 bits per heavy atom. The Labute approximate surface area is 129 Å². The molecule has 2 unspecified atom stereocenters. The first-order valence-corrected chi connectivity index (χ1v) is 7.76. The number of amides is 1. The Balaban J connectivity index is 2.44. The summed E-state index contributed by atoms with van der Waals surface area (Å²) in [6.07, 6.45) is 0. The van der Waals surface area contributed by atoms with Crippen LogP contribution in [0.1, 0.15) is 17.9 Å². The summed E-state index contributed by atoms with van der Waals surface area (Å²) < 4.78 is 6.17. The van der Waals surface area contributed by atoms with E-state index in [-0.39, 0.29) is 11.3 Å². The molecular weight excluding hydrogens is 346 g/mol. The van der Waals surface area contributed by atoms with Crippen molar-refractivity contribution in [1.82, 2.24) is 4.90 Å². The lowest BCUT2D eigenvalue weighted by Gasteiger charge is -2.27. The van der Waals surface area contributed by atoms with E-state index in [1.165, 1.54) is 23.6 Å². The number of aliphatic carboxylic acids is 1. The highest BCUT2D eigenvalue weighted by molar-refractivity contribution is 9.10. The van der Waals surface area contributed by atoms with Gasteiger partial charge in [0, 0.05) is 22.7 Å². The number of hydrogen-bond donors (Lipinski definition) is 1. The molecular formula is C13H14BrNO4S. The first-order valence-electron chi connectivity index (χ1n) is 5.92. The first kappa shape index (κ1) is 15.2. The molecule has 1 fully saturated rings. The van der Waals surface area contributed by atoms with Crippen LogP contribution < -0.4 is 4.74 Å². The molecule has 0 spiro atoms. The van der Waals surface area contributed by atoms with Crippen molar-refractivity contribution in [3.05, 3.63) is 28.2 Å². The Hall–Kier alpha value is -1.21. The lowest BCUT2D eigenvalue weighted by molar-refractivity contribution is -0.148. The van der Waals surface area contributed by atoms with E-state index < -0.39 is 12.0 Å². The van der Waals surface area contributed by atoms with Crippen molar-refractivity contribution < 1.29 is 19.4 Å². The molecule has 0 saturated carbocycles. The van der Waals surface area contributed by atoms with Crippen LogP contribution in [0.3, 0.4) is 0 Å². The maximum Gasteiger partial charge on any atom is 0.327 e. The summed E-state index contributed by atoms with van der Waals surface area (Å²) in [6, 6.07) is 4.70. The number of benzene rings is 1. The Morgan fingerprint density at radius 3 is 2.75 bits per heavy atom. The van der Waals surface area contributed by atoms with Gasteiger partial charge in [-0.15, -0.1) is 11.8 Å². The van der Waals surface area contributed by atoms with Gasteiger partial charge in [-0.2, -0.15) is 0 Å². The fraction of sp³-hybridized carbons (Fsp3) is 0.385. The predicted octanol–water partition coefficient (Wildman–Crippen LogP) is 2.50. The van der Waals surface area contributed by atoms with Crippen molar-refractivity contribution in [2.45, 2.75) is 18.3 Å². The second-order valence-electron chi connectivity index (χ2n) is 4.35. The van der Waals surface area contributed by atoms with Crippen LogP contribution in [0, 0.1) is 0 Å². The van der Waals surface area contributed by atoms with Gasteiger partial charge in [-0.1, -0.05) is 15.9 Å². The minimum Gasteiger partial charge on any atom is -0.496 e. The van der Waals surface area contributed by atoms with E-state index in [0.29, 0.717) is 11.5 Å². The summed E-state index contributed by atoms with van der Waals surface area (Å²) in [5, 5.41) is 8.88. The van der Waals surface area contributed by atoms with Crippen LogP contribution in [0.15, 0.2) is 22.7 Å². The molecule has 108 valence electrons. The molecule has 7 heteroatoms. The van der Waals surface area contributed by atoms with Crippen LogP contribution in [0.5, 0.6) is 5.75 Å². The number of carboxylic acids is 1. The maximum absolute atomic E-state index is 11.8. The standard InChI is InChI=1S/C13H14BrNO4S/c1-7(16)15-10(13(17)18)6-20-12(15)9-5-8(14)3-4-11(9)19-2/h3-5,10,12H,6H2,1-2H3,(H,17,18). The van der Waals surface area contributed by atoms with Crippen LogP contribution in [0.4, 0.5) is 0 Å². The normalized spacial score (nSPS) is 21.9.